The van der Waals surface area contributed by atoms with Gasteiger partial charge in [-0.25, -0.2) is 4.99 Å². The lowest BCUT2D eigenvalue weighted by molar-refractivity contribution is 0.100. The second kappa shape index (κ2) is 11.1. The normalized spacial score (nSPS) is 11.5. The summed E-state index contributed by atoms with van der Waals surface area (Å²) >= 11 is 0. The largest absolute Gasteiger partial charge is 0.366 e. The van der Waals surface area contributed by atoms with Gasteiger partial charge >= 0.3 is 0 Å². The lowest BCUT2D eigenvalue weighted by Crippen LogP contribution is -2.37. The molecule has 28 heavy (non-hydrogen) atoms. The Labute approximate surface area is 168 Å². The molecule has 0 aliphatic carbocycles. The molecule has 150 valence electrons. The summed E-state index contributed by atoms with van der Waals surface area (Å²) in [4.78, 5) is 15.7. The SMILES string of the molecule is CCNC(=NCc1ccc(C(N)=O)cc1)NCCCc1ccc(C(C)C)cc1. The summed E-state index contributed by atoms with van der Waals surface area (Å²) < 4.78 is 0. The molecule has 0 bridgehead atoms. The van der Waals surface area contributed by atoms with Gasteiger partial charge in [0.15, 0.2) is 5.96 Å². The molecular weight excluding hydrogens is 348 g/mol. The van der Waals surface area contributed by atoms with Gasteiger partial charge in [-0.1, -0.05) is 50.2 Å². The van der Waals surface area contributed by atoms with E-state index in [0.717, 1.165) is 37.5 Å². The number of carbonyl (C=O) groups excluding carboxylic acids is 1. The van der Waals surface area contributed by atoms with Crippen molar-refractivity contribution in [1.29, 1.82) is 0 Å². The number of amides is 1. The maximum Gasteiger partial charge on any atom is 0.248 e. The molecule has 0 aliphatic heterocycles. The Kier molecular flexibility index (Phi) is 8.53. The van der Waals surface area contributed by atoms with E-state index in [4.69, 9.17) is 5.73 Å². The molecule has 0 saturated heterocycles. The van der Waals surface area contributed by atoms with Crippen molar-refractivity contribution in [3.63, 3.8) is 0 Å². The van der Waals surface area contributed by atoms with Gasteiger partial charge in [-0.15, -0.1) is 0 Å². The molecule has 4 N–H and O–H groups in total. The Balaban J connectivity index is 1.81. The molecule has 0 aromatic heterocycles. The molecule has 5 nitrogen and oxygen atoms in total. The van der Waals surface area contributed by atoms with Crippen molar-refractivity contribution in [2.24, 2.45) is 10.7 Å². The third-order valence-corrected chi connectivity index (χ3v) is 4.58. The Morgan fingerprint density at radius 1 is 1.00 bits per heavy atom. The number of rotatable bonds is 9. The summed E-state index contributed by atoms with van der Waals surface area (Å²) in [5.41, 5.74) is 9.56. The van der Waals surface area contributed by atoms with Gasteiger partial charge in [0.1, 0.15) is 0 Å². The van der Waals surface area contributed by atoms with Crippen LogP contribution in [-0.2, 0) is 13.0 Å². The Morgan fingerprint density at radius 2 is 1.64 bits per heavy atom. The predicted octanol–water partition coefficient (Wildman–Crippen LogP) is 3.60. The van der Waals surface area contributed by atoms with Crippen molar-refractivity contribution in [3.8, 4) is 0 Å². The number of aryl methyl sites for hydroxylation is 1. The van der Waals surface area contributed by atoms with E-state index in [-0.39, 0.29) is 0 Å². The summed E-state index contributed by atoms with van der Waals surface area (Å²) in [6.07, 6.45) is 2.08. The van der Waals surface area contributed by atoms with Crippen molar-refractivity contribution >= 4 is 11.9 Å². The molecule has 0 aliphatic rings. The third-order valence-electron chi connectivity index (χ3n) is 4.58. The van der Waals surface area contributed by atoms with E-state index in [1.165, 1.54) is 11.1 Å². The molecule has 2 aromatic rings. The van der Waals surface area contributed by atoms with Crippen LogP contribution in [0.1, 0.15) is 60.2 Å². The maximum atomic E-state index is 11.1. The monoisotopic (exact) mass is 380 g/mol. The first-order valence-electron chi connectivity index (χ1n) is 9.99. The van der Waals surface area contributed by atoms with E-state index in [1.807, 2.05) is 12.1 Å². The van der Waals surface area contributed by atoms with Crippen LogP contribution >= 0.6 is 0 Å². The van der Waals surface area contributed by atoms with Crippen LogP contribution in [0.2, 0.25) is 0 Å². The quantitative estimate of drug-likeness (QED) is 0.353. The third kappa shape index (κ3) is 7.06. The highest BCUT2D eigenvalue weighted by molar-refractivity contribution is 5.92. The molecule has 5 heteroatoms. The fraction of sp³-hybridized carbons (Fsp3) is 0.391. The van der Waals surface area contributed by atoms with Crippen LogP contribution in [0.25, 0.3) is 0 Å². The number of hydrogen-bond acceptors (Lipinski definition) is 2. The van der Waals surface area contributed by atoms with E-state index in [0.29, 0.717) is 18.0 Å². The van der Waals surface area contributed by atoms with Gasteiger partial charge in [-0.3, -0.25) is 4.79 Å². The zero-order valence-electron chi connectivity index (χ0n) is 17.2. The summed E-state index contributed by atoms with van der Waals surface area (Å²) in [5.74, 6) is 0.960. The average Bonchev–Trinajstić information content (AvgIpc) is 2.70. The van der Waals surface area contributed by atoms with E-state index in [1.54, 1.807) is 12.1 Å². The number of hydrogen-bond donors (Lipinski definition) is 3. The topological polar surface area (TPSA) is 79.5 Å². The van der Waals surface area contributed by atoms with Gasteiger partial charge < -0.3 is 16.4 Å². The predicted molar refractivity (Wildman–Crippen MR) is 117 cm³/mol. The number of primary amides is 1. The lowest BCUT2D eigenvalue weighted by Gasteiger charge is -2.12. The number of nitrogens with zero attached hydrogens (tertiary/aromatic N) is 1. The smallest absolute Gasteiger partial charge is 0.248 e. The van der Waals surface area contributed by atoms with Gasteiger partial charge in [0.25, 0.3) is 0 Å². The summed E-state index contributed by atoms with van der Waals surface area (Å²) in [6, 6.07) is 16.1. The standard InChI is InChI=1S/C23H32N4O/c1-4-25-23(27-16-19-9-13-21(14-10-19)22(24)28)26-15-5-6-18-7-11-20(12-8-18)17(2)3/h7-14,17H,4-6,15-16H2,1-3H3,(H2,24,28)(H2,25,26,27). The number of nitrogens with two attached hydrogens (primary N) is 1. The van der Waals surface area contributed by atoms with Crippen molar-refractivity contribution in [2.75, 3.05) is 13.1 Å². The summed E-state index contributed by atoms with van der Waals surface area (Å²) in [7, 11) is 0. The van der Waals surface area contributed by atoms with Crippen LogP contribution in [-0.4, -0.2) is 25.0 Å². The lowest BCUT2D eigenvalue weighted by atomic mass is 10.0. The van der Waals surface area contributed by atoms with Crippen molar-refractivity contribution in [2.45, 2.75) is 46.1 Å². The first-order valence-corrected chi connectivity index (χ1v) is 9.99. The molecule has 0 unspecified atom stereocenters. The molecule has 0 radical (unpaired) electrons. The first kappa shape index (κ1) is 21.5. The second-order valence-electron chi connectivity index (χ2n) is 7.18. The molecule has 0 fully saturated rings. The zero-order valence-corrected chi connectivity index (χ0v) is 17.2. The minimum absolute atomic E-state index is 0.413. The fourth-order valence-corrected chi connectivity index (χ4v) is 2.86. The number of carbonyl (C=O) groups is 1. The van der Waals surface area contributed by atoms with Gasteiger partial charge in [0, 0.05) is 18.7 Å². The summed E-state index contributed by atoms with van der Waals surface area (Å²) in [5, 5.41) is 6.65. The zero-order chi connectivity index (χ0) is 20.4. The molecule has 0 heterocycles. The van der Waals surface area contributed by atoms with Crippen LogP contribution in [0.3, 0.4) is 0 Å². The number of benzene rings is 2. The number of guanidine groups is 1. The molecule has 0 spiro atoms. The van der Waals surface area contributed by atoms with Gasteiger partial charge in [0.05, 0.1) is 6.54 Å². The summed E-state index contributed by atoms with van der Waals surface area (Å²) in [6.45, 7) is 8.70. The Bertz CT molecular complexity index is 764. The van der Waals surface area contributed by atoms with E-state index < -0.39 is 5.91 Å². The van der Waals surface area contributed by atoms with Crippen molar-refractivity contribution in [1.82, 2.24) is 10.6 Å². The molecule has 2 aromatic carbocycles. The van der Waals surface area contributed by atoms with E-state index >= 15 is 0 Å². The number of aliphatic imine (C=N–C) groups is 1. The van der Waals surface area contributed by atoms with E-state index in [9.17, 15) is 4.79 Å². The highest BCUT2D eigenvalue weighted by Crippen LogP contribution is 2.15. The Morgan fingerprint density at radius 3 is 2.21 bits per heavy atom. The minimum atomic E-state index is -0.413. The fourth-order valence-electron chi connectivity index (χ4n) is 2.86. The molecule has 1 amide bonds. The van der Waals surface area contributed by atoms with Crippen LogP contribution in [0.4, 0.5) is 0 Å². The van der Waals surface area contributed by atoms with Crippen LogP contribution < -0.4 is 16.4 Å². The maximum absolute atomic E-state index is 11.1. The number of nitrogens with one attached hydrogen (secondary N) is 2. The van der Waals surface area contributed by atoms with Crippen molar-refractivity contribution in [3.05, 3.63) is 70.8 Å². The highest BCUT2D eigenvalue weighted by Gasteiger charge is 2.02. The van der Waals surface area contributed by atoms with Crippen molar-refractivity contribution < 1.29 is 4.79 Å². The molecule has 0 atom stereocenters. The second-order valence-corrected chi connectivity index (χ2v) is 7.18. The van der Waals surface area contributed by atoms with Crippen LogP contribution in [0.5, 0.6) is 0 Å². The van der Waals surface area contributed by atoms with E-state index in [2.05, 4.69) is 60.7 Å². The molecular formula is C23H32N4O. The minimum Gasteiger partial charge on any atom is -0.366 e. The first-order chi connectivity index (χ1) is 13.5. The van der Waals surface area contributed by atoms with Gasteiger partial charge in [-0.2, -0.15) is 0 Å². The average molecular weight is 381 g/mol. The molecule has 0 saturated carbocycles. The van der Waals surface area contributed by atoms with Gasteiger partial charge in [-0.05, 0) is 54.5 Å². The van der Waals surface area contributed by atoms with Crippen LogP contribution in [0, 0.1) is 0 Å². The van der Waals surface area contributed by atoms with Gasteiger partial charge in [0.2, 0.25) is 5.91 Å². The molecule has 2 rings (SSSR count). The highest BCUT2D eigenvalue weighted by atomic mass is 16.1. The Hall–Kier alpha value is -2.82. The van der Waals surface area contributed by atoms with Crippen LogP contribution in [0.15, 0.2) is 53.5 Å².